The molecular formula is C34H61N5O10. The number of nitrogens with one attached hydrogen (secondary N) is 4. The van der Waals surface area contributed by atoms with Crippen molar-refractivity contribution in [2.24, 2.45) is 5.73 Å². The van der Waals surface area contributed by atoms with Crippen molar-refractivity contribution in [3.63, 3.8) is 0 Å². The molecule has 15 nitrogen and oxygen atoms in total. The lowest BCUT2D eigenvalue weighted by Crippen LogP contribution is -2.45. The van der Waals surface area contributed by atoms with Crippen LogP contribution < -0.4 is 27.0 Å². The van der Waals surface area contributed by atoms with Crippen LogP contribution in [0.3, 0.4) is 0 Å². The summed E-state index contributed by atoms with van der Waals surface area (Å²) < 4.78 is 16.1. The van der Waals surface area contributed by atoms with Crippen molar-refractivity contribution >= 4 is 41.5 Å². The van der Waals surface area contributed by atoms with E-state index in [-0.39, 0.29) is 88.1 Å². The van der Waals surface area contributed by atoms with Gasteiger partial charge in [-0.2, -0.15) is 0 Å². The molecular weight excluding hydrogens is 638 g/mol. The van der Waals surface area contributed by atoms with Gasteiger partial charge in [-0.25, -0.2) is 9.59 Å². The van der Waals surface area contributed by atoms with Crippen molar-refractivity contribution in [3.05, 3.63) is 0 Å². The Morgan fingerprint density at radius 1 is 0.510 bits per heavy atom. The lowest BCUT2D eigenvalue weighted by Gasteiger charge is -2.24. The summed E-state index contributed by atoms with van der Waals surface area (Å²) in [6, 6.07) is -2.08. The first-order chi connectivity index (χ1) is 22.5. The number of amides is 4. The number of ether oxygens (including phenoxy) is 3. The maximum absolute atomic E-state index is 12.8. The third-order valence-corrected chi connectivity index (χ3v) is 6.18. The number of esters is 3. The highest BCUT2D eigenvalue weighted by Gasteiger charge is 2.28. The van der Waals surface area contributed by atoms with Crippen LogP contribution in [0.25, 0.3) is 0 Å². The van der Waals surface area contributed by atoms with Crippen molar-refractivity contribution in [1.82, 2.24) is 21.3 Å². The van der Waals surface area contributed by atoms with Crippen molar-refractivity contribution in [2.75, 3.05) is 19.6 Å². The summed E-state index contributed by atoms with van der Waals surface area (Å²) in [5, 5.41) is 10.6. The summed E-state index contributed by atoms with van der Waals surface area (Å²) in [6.45, 7) is 16.2. The van der Waals surface area contributed by atoms with Gasteiger partial charge >= 0.3 is 17.9 Å². The van der Waals surface area contributed by atoms with E-state index >= 15 is 0 Å². The minimum atomic E-state index is -1.07. The van der Waals surface area contributed by atoms with E-state index in [4.69, 9.17) is 19.9 Å². The molecule has 6 N–H and O–H groups in total. The van der Waals surface area contributed by atoms with Gasteiger partial charge in [-0.15, -0.1) is 0 Å². The molecule has 0 spiro atoms. The van der Waals surface area contributed by atoms with E-state index in [1.165, 1.54) is 0 Å². The first-order valence-electron chi connectivity index (χ1n) is 17.0. The Hall–Kier alpha value is -3.75. The minimum absolute atomic E-state index is 0.00311. The zero-order valence-electron chi connectivity index (χ0n) is 31.0. The Morgan fingerprint density at radius 3 is 1.24 bits per heavy atom. The molecule has 0 aromatic rings. The monoisotopic (exact) mass is 699 g/mol. The van der Waals surface area contributed by atoms with Crippen LogP contribution in [-0.4, -0.2) is 90.1 Å². The molecule has 0 aliphatic heterocycles. The smallest absolute Gasteiger partial charge is 0.329 e. The third-order valence-electron chi connectivity index (χ3n) is 6.18. The Kier molecular flexibility index (Phi) is 20.4. The van der Waals surface area contributed by atoms with E-state index in [2.05, 4.69) is 21.3 Å². The lowest BCUT2D eigenvalue weighted by molar-refractivity contribution is -0.159. The first kappa shape index (κ1) is 45.2. The highest BCUT2D eigenvalue weighted by Crippen LogP contribution is 2.13. The van der Waals surface area contributed by atoms with Gasteiger partial charge in [0.2, 0.25) is 23.6 Å². The van der Waals surface area contributed by atoms with Crippen LogP contribution in [0, 0.1) is 0 Å². The van der Waals surface area contributed by atoms with Crippen LogP contribution in [0.15, 0.2) is 0 Å². The molecule has 282 valence electrons. The maximum atomic E-state index is 12.8. The average Bonchev–Trinajstić information content (AvgIpc) is 2.93. The van der Waals surface area contributed by atoms with Crippen molar-refractivity contribution in [2.45, 2.75) is 155 Å². The molecule has 2 atom stereocenters. The molecule has 0 radical (unpaired) electrons. The highest BCUT2D eigenvalue weighted by molar-refractivity contribution is 5.86. The molecule has 0 bridgehead atoms. The fourth-order valence-corrected chi connectivity index (χ4v) is 4.10. The number of carbonyl (C=O) groups excluding carboxylic acids is 7. The van der Waals surface area contributed by atoms with Crippen LogP contribution in [0.4, 0.5) is 0 Å². The Bertz CT molecular complexity index is 1110. The number of hydrogen-bond acceptors (Lipinski definition) is 11. The minimum Gasteiger partial charge on any atom is -0.460 e. The van der Waals surface area contributed by atoms with Gasteiger partial charge in [-0.1, -0.05) is 0 Å². The van der Waals surface area contributed by atoms with Gasteiger partial charge < -0.3 is 41.2 Å². The normalized spacial score (nSPS) is 12.9. The highest BCUT2D eigenvalue weighted by atomic mass is 16.6. The van der Waals surface area contributed by atoms with Gasteiger partial charge in [0.05, 0.1) is 0 Å². The molecule has 0 heterocycles. The molecule has 49 heavy (non-hydrogen) atoms. The van der Waals surface area contributed by atoms with E-state index in [1.807, 2.05) is 0 Å². The van der Waals surface area contributed by atoms with Gasteiger partial charge in [0, 0.05) is 45.2 Å². The number of nitrogens with two attached hydrogens (primary N) is 1. The van der Waals surface area contributed by atoms with Crippen molar-refractivity contribution in [1.29, 1.82) is 0 Å². The van der Waals surface area contributed by atoms with E-state index in [0.717, 1.165) is 0 Å². The molecule has 0 aliphatic carbocycles. The molecule has 0 fully saturated rings. The second-order valence-electron chi connectivity index (χ2n) is 14.8. The number of hydrogen-bond donors (Lipinski definition) is 5. The zero-order valence-corrected chi connectivity index (χ0v) is 31.0. The Morgan fingerprint density at radius 2 is 0.878 bits per heavy atom. The van der Waals surface area contributed by atoms with Gasteiger partial charge in [-0.3, -0.25) is 24.0 Å². The van der Waals surface area contributed by atoms with E-state index in [9.17, 15) is 33.6 Å². The van der Waals surface area contributed by atoms with Crippen LogP contribution in [0.5, 0.6) is 0 Å². The van der Waals surface area contributed by atoms with Crippen molar-refractivity contribution in [3.8, 4) is 0 Å². The summed E-state index contributed by atoms with van der Waals surface area (Å²) in [5.74, 6) is -3.25. The largest absolute Gasteiger partial charge is 0.460 e. The molecule has 0 aromatic carbocycles. The van der Waals surface area contributed by atoms with Crippen LogP contribution in [-0.2, 0) is 47.8 Å². The molecule has 0 aliphatic rings. The molecule has 0 saturated carbocycles. The zero-order chi connectivity index (χ0) is 37.8. The maximum Gasteiger partial charge on any atom is 0.329 e. The van der Waals surface area contributed by atoms with Gasteiger partial charge in [0.25, 0.3) is 0 Å². The molecule has 4 amide bonds. The van der Waals surface area contributed by atoms with Crippen LogP contribution >= 0.6 is 0 Å². The second kappa shape index (κ2) is 22.1. The predicted molar refractivity (Wildman–Crippen MR) is 183 cm³/mol. The van der Waals surface area contributed by atoms with Crippen LogP contribution in [0.2, 0.25) is 0 Å². The Balaban J connectivity index is 4.86. The summed E-state index contributed by atoms with van der Waals surface area (Å²) in [4.78, 5) is 87.0. The Labute approximate surface area is 291 Å². The average molecular weight is 700 g/mol. The number of carbonyl (C=O) groups is 7. The fraction of sp³-hybridized carbons (Fsp3) is 0.794. The molecule has 0 aromatic heterocycles. The van der Waals surface area contributed by atoms with Gasteiger partial charge in [0.1, 0.15) is 28.9 Å². The fourth-order valence-electron chi connectivity index (χ4n) is 4.10. The summed E-state index contributed by atoms with van der Waals surface area (Å²) in [7, 11) is 0. The second-order valence-corrected chi connectivity index (χ2v) is 14.8. The molecule has 15 heteroatoms. The molecule has 0 saturated heterocycles. The van der Waals surface area contributed by atoms with Gasteiger partial charge in [0.15, 0.2) is 0 Å². The molecule has 2 unspecified atom stereocenters. The topological polar surface area (TPSA) is 221 Å². The quantitative estimate of drug-likeness (QED) is 0.0663. The van der Waals surface area contributed by atoms with Crippen molar-refractivity contribution < 1.29 is 47.8 Å². The van der Waals surface area contributed by atoms with Gasteiger partial charge in [-0.05, 0) is 101 Å². The molecule has 0 rings (SSSR count). The standard InChI is InChI=1S/C34H61N5O10/c1-32(2,3)47-29(44)15-12-22-37-26(41)19-17-24(31(46)49-34(7,8)9)39-28(43)14-11-21-36-25(40)18-16-23(30(45)48-33(4,5)6)38-27(42)13-10-20-35/h23-24H,10-22,35H2,1-9H3,(H,36,40)(H,37,41)(H,38,42)(H,39,43). The lowest BCUT2D eigenvalue weighted by atomic mass is 10.1. The third kappa shape index (κ3) is 25.9. The predicted octanol–water partition coefficient (Wildman–Crippen LogP) is 2.07. The van der Waals surface area contributed by atoms with E-state index in [1.54, 1.807) is 62.3 Å². The number of rotatable bonds is 21. The first-order valence-corrected chi connectivity index (χ1v) is 17.0. The summed E-state index contributed by atoms with van der Waals surface area (Å²) >= 11 is 0. The van der Waals surface area contributed by atoms with E-state index < -0.39 is 46.7 Å². The van der Waals surface area contributed by atoms with E-state index in [0.29, 0.717) is 19.4 Å². The SMILES string of the molecule is CC(C)(C)OC(=O)CCCNC(=O)CCC(NC(=O)CCCNC(=O)CCC(NC(=O)CCCN)C(=O)OC(C)(C)C)C(=O)OC(C)(C)C. The summed E-state index contributed by atoms with van der Waals surface area (Å²) in [6.07, 6.45) is 1.24. The summed E-state index contributed by atoms with van der Waals surface area (Å²) in [5.41, 5.74) is 3.27. The van der Waals surface area contributed by atoms with Crippen LogP contribution in [0.1, 0.15) is 127 Å².